The summed E-state index contributed by atoms with van der Waals surface area (Å²) in [7, 11) is 0. The van der Waals surface area contributed by atoms with Gasteiger partial charge in [0.25, 0.3) is 0 Å². The molecule has 1 aromatic rings. The first kappa shape index (κ1) is 13.0. The summed E-state index contributed by atoms with van der Waals surface area (Å²) in [6, 6.07) is 6.96. The van der Waals surface area contributed by atoms with Crippen LogP contribution in [0.25, 0.3) is 0 Å². The van der Waals surface area contributed by atoms with Crippen molar-refractivity contribution in [3.63, 3.8) is 0 Å². The fourth-order valence-electron chi connectivity index (χ4n) is 1.75. The van der Waals surface area contributed by atoms with Gasteiger partial charge in [0.05, 0.1) is 0 Å². The van der Waals surface area contributed by atoms with Crippen LogP contribution in [0.2, 0.25) is 0 Å². The van der Waals surface area contributed by atoms with Crippen molar-refractivity contribution in [1.82, 2.24) is 0 Å². The van der Waals surface area contributed by atoms with Gasteiger partial charge in [-0.3, -0.25) is 0 Å². The zero-order valence-corrected chi connectivity index (χ0v) is 11.3. The molecule has 0 radical (unpaired) electrons. The van der Waals surface area contributed by atoms with Crippen molar-refractivity contribution in [2.24, 2.45) is 0 Å². The smallest absolute Gasteiger partial charge is 0.00129 e. The Labute approximate surface area is 100 Å². The van der Waals surface area contributed by atoms with E-state index in [1.165, 1.54) is 16.7 Å². The Bertz CT molecular complexity index is 366. The molecular weight excluding hydrogens is 192 g/mol. The van der Waals surface area contributed by atoms with Crippen molar-refractivity contribution < 1.29 is 0 Å². The summed E-state index contributed by atoms with van der Waals surface area (Å²) >= 11 is 0. The Morgan fingerprint density at radius 1 is 1.25 bits per heavy atom. The van der Waals surface area contributed by atoms with E-state index in [4.69, 9.17) is 0 Å². The zero-order chi connectivity index (χ0) is 12.3. The molecule has 0 saturated carbocycles. The monoisotopic (exact) mass is 216 g/mol. The highest BCUT2D eigenvalue weighted by atomic mass is 14.2. The van der Waals surface area contributed by atoms with Crippen LogP contribution in [0, 0.1) is 0 Å². The van der Waals surface area contributed by atoms with Gasteiger partial charge in [0.15, 0.2) is 0 Å². The van der Waals surface area contributed by atoms with E-state index in [2.05, 4.69) is 59.4 Å². The minimum atomic E-state index is 0.223. The molecule has 0 aliphatic rings. The molecule has 0 N–H and O–H groups in total. The van der Waals surface area contributed by atoms with Crippen LogP contribution < -0.4 is 0 Å². The van der Waals surface area contributed by atoms with Crippen LogP contribution in [-0.2, 0) is 11.8 Å². The second-order valence-electron chi connectivity index (χ2n) is 5.59. The summed E-state index contributed by atoms with van der Waals surface area (Å²) in [5, 5.41) is 0. The zero-order valence-electron chi connectivity index (χ0n) is 11.3. The van der Waals surface area contributed by atoms with Crippen LogP contribution in [0.1, 0.15) is 57.2 Å². The average Bonchev–Trinajstić information content (AvgIpc) is 2.26. The van der Waals surface area contributed by atoms with Gasteiger partial charge in [0.1, 0.15) is 0 Å². The van der Waals surface area contributed by atoms with Gasteiger partial charge in [-0.25, -0.2) is 0 Å². The minimum Gasteiger partial charge on any atom is -0.102 e. The molecule has 0 spiro atoms. The van der Waals surface area contributed by atoms with E-state index in [0.29, 0.717) is 5.92 Å². The van der Waals surface area contributed by atoms with Gasteiger partial charge in [-0.05, 0) is 34.4 Å². The molecule has 0 nitrogen and oxygen atoms in total. The third-order valence-corrected chi connectivity index (χ3v) is 3.17. The molecule has 0 fully saturated rings. The number of allylic oxidation sites excluding steroid dienone is 1. The van der Waals surface area contributed by atoms with Crippen molar-refractivity contribution in [2.75, 3.05) is 0 Å². The molecule has 1 aromatic carbocycles. The quantitative estimate of drug-likeness (QED) is 0.634. The minimum absolute atomic E-state index is 0.223. The first-order valence-corrected chi connectivity index (χ1v) is 6.15. The summed E-state index contributed by atoms with van der Waals surface area (Å²) in [5.74, 6) is 0.438. The van der Waals surface area contributed by atoms with E-state index in [9.17, 15) is 0 Å². The lowest BCUT2D eigenvalue weighted by atomic mass is 9.83. The standard InChI is InChI=1S/C16H24/c1-7-12(3)14-9-13(8-2)10-15(11-14)16(4,5)6/h7,9-12H,1,8H2,2-6H3. The number of rotatable bonds is 3. The summed E-state index contributed by atoms with van der Waals surface area (Å²) in [6.45, 7) is 15.1. The molecule has 0 heterocycles. The average molecular weight is 216 g/mol. The molecule has 88 valence electrons. The third kappa shape index (κ3) is 2.98. The molecule has 16 heavy (non-hydrogen) atoms. The highest BCUT2D eigenvalue weighted by Gasteiger charge is 2.15. The summed E-state index contributed by atoms with van der Waals surface area (Å²) < 4.78 is 0. The summed E-state index contributed by atoms with van der Waals surface area (Å²) in [4.78, 5) is 0. The molecule has 1 unspecified atom stereocenters. The number of hydrogen-bond acceptors (Lipinski definition) is 0. The fourth-order valence-corrected chi connectivity index (χ4v) is 1.75. The van der Waals surface area contributed by atoms with Gasteiger partial charge in [0.2, 0.25) is 0 Å². The molecule has 0 saturated heterocycles. The molecule has 0 aromatic heterocycles. The highest BCUT2D eigenvalue weighted by molar-refractivity contribution is 5.36. The predicted molar refractivity (Wildman–Crippen MR) is 73.1 cm³/mol. The van der Waals surface area contributed by atoms with Crippen LogP contribution in [0.15, 0.2) is 30.9 Å². The van der Waals surface area contributed by atoms with Crippen LogP contribution in [0.5, 0.6) is 0 Å². The number of aryl methyl sites for hydroxylation is 1. The Morgan fingerprint density at radius 2 is 1.88 bits per heavy atom. The van der Waals surface area contributed by atoms with Crippen LogP contribution in [0.4, 0.5) is 0 Å². The number of hydrogen-bond donors (Lipinski definition) is 0. The molecule has 0 amide bonds. The highest BCUT2D eigenvalue weighted by Crippen LogP contribution is 2.28. The maximum absolute atomic E-state index is 3.88. The van der Waals surface area contributed by atoms with Crippen molar-refractivity contribution >= 4 is 0 Å². The van der Waals surface area contributed by atoms with Crippen molar-refractivity contribution in [3.8, 4) is 0 Å². The summed E-state index contributed by atoms with van der Waals surface area (Å²) in [6.07, 6.45) is 3.11. The van der Waals surface area contributed by atoms with Crippen LogP contribution in [-0.4, -0.2) is 0 Å². The summed E-state index contributed by atoms with van der Waals surface area (Å²) in [5.41, 5.74) is 4.46. The van der Waals surface area contributed by atoms with Crippen LogP contribution >= 0.6 is 0 Å². The topological polar surface area (TPSA) is 0 Å². The Morgan fingerprint density at radius 3 is 2.31 bits per heavy atom. The van der Waals surface area contributed by atoms with Gasteiger partial charge in [-0.2, -0.15) is 0 Å². The molecule has 0 aliphatic heterocycles. The van der Waals surface area contributed by atoms with Gasteiger partial charge in [-0.1, -0.05) is 58.9 Å². The third-order valence-electron chi connectivity index (χ3n) is 3.17. The van der Waals surface area contributed by atoms with E-state index in [1.54, 1.807) is 0 Å². The molecule has 0 heteroatoms. The lowest BCUT2D eigenvalue weighted by Crippen LogP contribution is -2.12. The Hall–Kier alpha value is -1.04. The SMILES string of the molecule is C=CC(C)c1cc(CC)cc(C(C)(C)C)c1. The first-order valence-electron chi connectivity index (χ1n) is 6.15. The van der Waals surface area contributed by atoms with Crippen molar-refractivity contribution in [3.05, 3.63) is 47.5 Å². The van der Waals surface area contributed by atoms with Crippen LogP contribution in [0.3, 0.4) is 0 Å². The van der Waals surface area contributed by atoms with Gasteiger partial charge in [0, 0.05) is 0 Å². The normalized spacial score (nSPS) is 13.6. The number of benzene rings is 1. The Balaban J connectivity index is 3.26. The molecule has 0 aliphatic carbocycles. The second kappa shape index (κ2) is 4.86. The maximum Gasteiger partial charge on any atom is -0.00129 e. The first-order chi connectivity index (χ1) is 7.38. The molecule has 1 rings (SSSR count). The van der Waals surface area contributed by atoms with E-state index in [0.717, 1.165) is 6.42 Å². The maximum atomic E-state index is 3.88. The lowest BCUT2D eigenvalue weighted by molar-refractivity contribution is 0.588. The van der Waals surface area contributed by atoms with Gasteiger partial charge < -0.3 is 0 Å². The predicted octanol–water partition coefficient (Wildman–Crippen LogP) is 4.84. The van der Waals surface area contributed by atoms with Crippen molar-refractivity contribution in [2.45, 2.75) is 52.4 Å². The van der Waals surface area contributed by atoms with Gasteiger partial charge >= 0.3 is 0 Å². The second-order valence-corrected chi connectivity index (χ2v) is 5.59. The van der Waals surface area contributed by atoms with E-state index < -0.39 is 0 Å². The van der Waals surface area contributed by atoms with E-state index in [1.807, 2.05) is 6.08 Å². The Kier molecular flexibility index (Phi) is 3.96. The lowest BCUT2D eigenvalue weighted by Gasteiger charge is -2.22. The molecule has 0 bridgehead atoms. The fraction of sp³-hybridized carbons (Fsp3) is 0.500. The molecule has 1 atom stereocenters. The van der Waals surface area contributed by atoms with E-state index in [-0.39, 0.29) is 5.41 Å². The van der Waals surface area contributed by atoms with Crippen molar-refractivity contribution in [1.29, 1.82) is 0 Å². The molecular formula is C16H24. The largest absolute Gasteiger partial charge is 0.102 e. The van der Waals surface area contributed by atoms with E-state index >= 15 is 0 Å². The van der Waals surface area contributed by atoms with Gasteiger partial charge in [-0.15, -0.1) is 6.58 Å².